The molecule has 4 rings (SSSR count). The number of nitrogens with zero attached hydrogens (tertiary/aromatic N) is 2. The van der Waals surface area contributed by atoms with E-state index in [1.54, 1.807) is 0 Å². The van der Waals surface area contributed by atoms with Gasteiger partial charge in [-0.05, 0) is 74.5 Å². The fourth-order valence-corrected chi connectivity index (χ4v) is 6.15. The minimum atomic E-state index is -1.02. The van der Waals surface area contributed by atoms with Crippen LogP contribution < -0.4 is 11.1 Å². The Labute approximate surface area is 206 Å². The highest BCUT2D eigenvalue weighted by molar-refractivity contribution is 6.01. The van der Waals surface area contributed by atoms with Gasteiger partial charge >= 0.3 is 5.97 Å². The van der Waals surface area contributed by atoms with Gasteiger partial charge in [0.1, 0.15) is 6.04 Å². The third-order valence-corrected chi connectivity index (χ3v) is 8.10. The average molecular weight is 481 g/mol. The van der Waals surface area contributed by atoms with E-state index in [0.717, 1.165) is 37.7 Å². The smallest absolute Gasteiger partial charge is 0.303 e. The summed E-state index contributed by atoms with van der Waals surface area (Å²) in [6.07, 6.45) is 9.66. The summed E-state index contributed by atoms with van der Waals surface area (Å²) in [5, 5.41) is 22.1. The largest absolute Gasteiger partial charge is 0.481 e. The molecule has 0 radical (unpaired) electrons. The number of amides is 2. The maximum atomic E-state index is 12.9. The van der Waals surface area contributed by atoms with Crippen LogP contribution in [0.1, 0.15) is 85.7 Å². The average Bonchev–Trinajstić information content (AvgIpc) is 3.16. The molecule has 0 saturated heterocycles. The second-order valence-corrected chi connectivity index (χ2v) is 10.5. The molecule has 0 unspecified atom stereocenters. The third kappa shape index (κ3) is 6.02. The molecule has 0 bridgehead atoms. The number of fused-ring (bicyclic) bond motifs is 1. The minimum absolute atomic E-state index is 0.0168. The van der Waals surface area contributed by atoms with Crippen LogP contribution in [0.3, 0.4) is 0 Å². The van der Waals surface area contributed by atoms with E-state index in [9.17, 15) is 14.4 Å². The standard InChI is InChI=1S/C27H36N4O4/c28-15-17-5-8-21(9-6-17)30-23-4-2-1-3-19(23)13-18-7-10-22-20(14-18)16-31(27(22)35)24(26(29)34)11-12-25(32)33/h7,10,14,17,19,21,23-24,30H,1-6,8-9,11-13,16H2,(H2,29,34)(H,32,33)/t17?,19-,21?,23+,24+/m1/s1. The summed E-state index contributed by atoms with van der Waals surface area (Å²) in [6.45, 7) is 0.281. The molecule has 1 aromatic carbocycles. The molecule has 8 nitrogen and oxygen atoms in total. The van der Waals surface area contributed by atoms with Crippen LogP contribution in [-0.2, 0) is 22.6 Å². The molecule has 2 saturated carbocycles. The van der Waals surface area contributed by atoms with Crippen LogP contribution in [0.4, 0.5) is 0 Å². The number of nitrogens with two attached hydrogens (primary N) is 1. The lowest BCUT2D eigenvalue weighted by Crippen LogP contribution is -2.46. The van der Waals surface area contributed by atoms with Gasteiger partial charge in [-0.3, -0.25) is 14.4 Å². The van der Waals surface area contributed by atoms with E-state index in [0.29, 0.717) is 23.6 Å². The first-order chi connectivity index (χ1) is 16.9. The Morgan fingerprint density at radius 2 is 1.91 bits per heavy atom. The van der Waals surface area contributed by atoms with Crippen molar-refractivity contribution >= 4 is 17.8 Å². The van der Waals surface area contributed by atoms with Crippen molar-refractivity contribution in [3.8, 4) is 6.07 Å². The van der Waals surface area contributed by atoms with Gasteiger partial charge in [-0.15, -0.1) is 0 Å². The van der Waals surface area contributed by atoms with Gasteiger partial charge in [-0.25, -0.2) is 0 Å². The van der Waals surface area contributed by atoms with Crippen LogP contribution in [0.5, 0.6) is 0 Å². The predicted molar refractivity (Wildman–Crippen MR) is 130 cm³/mol. The summed E-state index contributed by atoms with van der Waals surface area (Å²) < 4.78 is 0. The van der Waals surface area contributed by atoms with Gasteiger partial charge < -0.3 is 21.1 Å². The van der Waals surface area contributed by atoms with Crippen molar-refractivity contribution in [1.82, 2.24) is 10.2 Å². The number of hydrogen-bond acceptors (Lipinski definition) is 5. The summed E-state index contributed by atoms with van der Waals surface area (Å²) in [6, 6.07) is 8.39. The molecule has 2 amide bonds. The van der Waals surface area contributed by atoms with E-state index >= 15 is 0 Å². The van der Waals surface area contributed by atoms with Crippen LogP contribution in [-0.4, -0.2) is 45.9 Å². The second kappa shape index (κ2) is 11.2. The number of nitrogens with one attached hydrogen (secondary N) is 1. The molecule has 2 aliphatic carbocycles. The van der Waals surface area contributed by atoms with Crippen molar-refractivity contribution in [3.05, 3.63) is 34.9 Å². The first-order valence-corrected chi connectivity index (χ1v) is 12.9. The van der Waals surface area contributed by atoms with Gasteiger partial charge in [0.05, 0.1) is 6.07 Å². The molecule has 3 atom stereocenters. The van der Waals surface area contributed by atoms with E-state index in [4.69, 9.17) is 16.1 Å². The molecular formula is C27H36N4O4. The number of hydrogen-bond donors (Lipinski definition) is 3. The first kappa shape index (κ1) is 25.2. The minimum Gasteiger partial charge on any atom is -0.481 e. The molecule has 1 aromatic rings. The maximum Gasteiger partial charge on any atom is 0.303 e. The number of benzene rings is 1. The van der Waals surface area contributed by atoms with Crippen molar-refractivity contribution in [3.63, 3.8) is 0 Å². The fraction of sp³-hybridized carbons (Fsp3) is 0.630. The molecule has 0 aromatic heterocycles. The lowest BCUT2D eigenvalue weighted by molar-refractivity contribution is -0.137. The number of rotatable bonds is 9. The van der Waals surface area contributed by atoms with Gasteiger partial charge in [0, 0.05) is 36.5 Å². The highest BCUT2D eigenvalue weighted by atomic mass is 16.4. The Balaban J connectivity index is 1.41. The van der Waals surface area contributed by atoms with Crippen LogP contribution in [0, 0.1) is 23.2 Å². The van der Waals surface area contributed by atoms with E-state index < -0.39 is 17.9 Å². The van der Waals surface area contributed by atoms with E-state index in [1.165, 1.54) is 36.1 Å². The Morgan fingerprint density at radius 3 is 2.60 bits per heavy atom. The normalized spacial score (nSPS) is 27.2. The summed E-state index contributed by atoms with van der Waals surface area (Å²) >= 11 is 0. The van der Waals surface area contributed by atoms with E-state index in [-0.39, 0.29) is 31.2 Å². The molecule has 1 heterocycles. The highest BCUT2D eigenvalue weighted by Crippen LogP contribution is 2.33. The number of carbonyl (C=O) groups excluding carboxylic acids is 2. The number of carboxylic acid groups (broad SMARTS) is 1. The van der Waals surface area contributed by atoms with Crippen LogP contribution in [0.25, 0.3) is 0 Å². The molecular weight excluding hydrogens is 444 g/mol. The molecule has 188 valence electrons. The maximum absolute atomic E-state index is 12.9. The van der Waals surface area contributed by atoms with Crippen LogP contribution in [0.2, 0.25) is 0 Å². The summed E-state index contributed by atoms with van der Waals surface area (Å²) in [4.78, 5) is 37.3. The predicted octanol–water partition coefficient (Wildman–Crippen LogP) is 3.13. The number of carboxylic acids is 1. The van der Waals surface area contributed by atoms with E-state index in [1.807, 2.05) is 12.1 Å². The van der Waals surface area contributed by atoms with Gasteiger partial charge in [-0.2, -0.15) is 5.26 Å². The fourth-order valence-electron chi connectivity index (χ4n) is 6.15. The van der Waals surface area contributed by atoms with Gasteiger partial charge in [0.2, 0.25) is 5.91 Å². The van der Waals surface area contributed by atoms with Crippen molar-refractivity contribution in [2.75, 3.05) is 0 Å². The Kier molecular flexibility index (Phi) is 8.07. The lowest BCUT2D eigenvalue weighted by Gasteiger charge is -2.37. The third-order valence-electron chi connectivity index (χ3n) is 8.10. The Bertz CT molecular complexity index is 995. The summed E-state index contributed by atoms with van der Waals surface area (Å²) in [7, 11) is 0. The van der Waals surface area contributed by atoms with Gasteiger partial charge in [0.25, 0.3) is 5.91 Å². The quantitative estimate of drug-likeness (QED) is 0.497. The van der Waals surface area contributed by atoms with Crippen molar-refractivity contribution in [2.24, 2.45) is 17.6 Å². The Hall–Kier alpha value is -2.92. The summed E-state index contributed by atoms with van der Waals surface area (Å²) in [5.74, 6) is -1.21. The SMILES string of the molecule is N#CC1CCC(N[C@H]2CCCC[C@@H]2Cc2ccc3c(c2)CN([C@@H](CCC(=O)O)C(N)=O)C3=O)CC1. The molecule has 4 N–H and O–H groups in total. The second-order valence-electron chi connectivity index (χ2n) is 10.5. The van der Waals surface area contributed by atoms with Crippen molar-refractivity contribution in [2.45, 2.75) is 95.3 Å². The van der Waals surface area contributed by atoms with E-state index in [2.05, 4.69) is 17.5 Å². The number of carbonyl (C=O) groups is 3. The molecule has 8 heteroatoms. The molecule has 35 heavy (non-hydrogen) atoms. The molecule has 3 aliphatic rings. The van der Waals surface area contributed by atoms with Crippen LogP contribution >= 0.6 is 0 Å². The zero-order valence-electron chi connectivity index (χ0n) is 20.2. The van der Waals surface area contributed by atoms with Crippen molar-refractivity contribution < 1.29 is 19.5 Å². The first-order valence-electron chi connectivity index (χ1n) is 12.9. The van der Waals surface area contributed by atoms with Gasteiger partial charge in [0.15, 0.2) is 0 Å². The number of primary amides is 1. The Morgan fingerprint density at radius 1 is 1.17 bits per heavy atom. The molecule has 2 fully saturated rings. The molecule has 0 spiro atoms. The monoisotopic (exact) mass is 480 g/mol. The zero-order chi connectivity index (χ0) is 24.9. The highest BCUT2D eigenvalue weighted by Gasteiger charge is 2.36. The number of nitriles is 1. The topological polar surface area (TPSA) is 137 Å². The molecule has 1 aliphatic heterocycles. The van der Waals surface area contributed by atoms with Crippen molar-refractivity contribution in [1.29, 1.82) is 5.26 Å². The van der Waals surface area contributed by atoms with Gasteiger partial charge in [-0.1, -0.05) is 25.0 Å². The lowest BCUT2D eigenvalue weighted by atomic mass is 9.79. The zero-order valence-corrected chi connectivity index (χ0v) is 20.2. The van der Waals surface area contributed by atoms with Crippen LogP contribution in [0.15, 0.2) is 18.2 Å². The summed E-state index contributed by atoms with van der Waals surface area (Å²) in [5.41, 5.74) is 8.15. The number of aliphatic carboxylic acids is 1.